The number of carbonyl (C=O) groups excluding carboxylic acids is 1. The Morgan fingerprint density at radius 1 is 1.11 bits per heavy atom. The lowest BCUT2D eigenvalue weighted by atomic mass is 9.53. The average molecular weight is 530 g/mol. The van der Waals surface area contributed by atoms with Crippen molar-refractivity contribution < 1.29 is 27.2 Å². The summed E-state index contributed by atoms with van der Waals surface area (Å²) in [7, 11) is -4.02. The van der Waals surface area contributed by atoms with Gasteiger partial charge in [0.2, 0.25) is 6.79 Å². The van der Waals surface area contributed by atoms with Gasteiger partial charge >= 0.3 is 5.97 Å². The third-order valence-corrected chi connectivity index (χ3v) is 8.83. The average Bonchev–Trinajstić information content (AvgIpc) is 2.84. The molecule has 7 nitrogen and oxygen atoms in total. The van der Waals surface area contributed by atoms with Crippen molar-refractivity contribution in [1.29, 1.82) is 0 Å². The minimum Gasteiger partial charge on any atom is -0.457 e. The monoisotopic (exact) mass is 529 g/mol. The van der Waals surface area contributed by atoms with Gasteiger partial charge in [0.05, 0.1) is 10.3 Å². The van der Waals surface area contributed by atoms with Crippen LogP contribution in [0.3, 0.4) is 0 Å². The normalized spacial score (nSPS) is 24.6. The Morgan fingerprint density at radius 3 is 2.51 bits per heavy atom. The van der Waals surface area contributed by atoms with Crippen molar-refractivity contribution in [1.82, 2.24) is 5.32 Å². The maximum atomic E-state index is 11.9. The number of nitrogens with one attached hydrogen (secondary N) is 1. The van der Waals surface area contributed by atoms with E-state index in [1.165, 1.54) is 55.4 Å². The summed E-state index contributed by atoms with van der Waals surface area (Å²) in [4.78, 5) is 11.8. The number of piperidine rings is 1. The van der Waals surface area contributed by atoms with E-state index in [0.29, 0.717) is 11.5 Å². The number of aryl methyl sites for hydroxylation is 1. The van der Waals surface area contributed by atoms with Crippen LogP contribution in [0.4, 0.5) is 0 Å². The molecule has 1 aliphatic heterocycles. The second-order valence-corrected chi connectivity index (χ2v) is 13.0. The second kappa shape index (κ2) is 10.8. The summed E-state index contributed by atoms with van der Waals surface area (Å²) >= 11 is 0. The van der Waals surface area contributed by atoms with Crippen LogP contribution in [0.2, 0.25) is 0 Å². The molecule has 8 heteroatoms. The van der Waals surface area contributed by atoms with E-state index in [0.717, 1.165) is 30.2 Å². The summed E-state index contributed by atoms with van der Waals surface area (Å²) in [5.74, 6) is 1.34. The minimum absolute atomic E-state index is 0.0184. The summed E-state index contributed by atoms with van der Waals surface area (Å²) in [5, 5.41) is 3.77. The summed E-state index contributed by atoms with van der Waals surface area (Å²) < 4.78 is 40.6. The molecule has 2 aromatic carbocycles. The summed E-state index contributed by atoms with van der Waals surface area (Å²) in [6, 6.07) is 13.1. The Hall–Kier alpha value is -2.42. The molecule has 0 unspecified atom stereocenters. The lowest BCUT2D eigenvalue weighted by molar-refractivity contribution is -0.159. The van der Waals surface area contributed by atoms with Crippen LogP contribution in [0.1, 0.15) is 69.6 Å². The fourth-order valence-corrected chi connectivity index (χ4v) is 6.55. The zero-order chi connectivity index (χ0) is 26.8. The molecule has 2 aromatic rings. The Kier molecular flexibility index (Phi) is 8.02. The first kappa shape index (κ1) is 27.6. The minimum atomic E-state index is -4.02. The zero-order valence-electron chi connectivity index (χ0n) is 22.2. The van der Waals surface area contributed by atoms with Crippen molar-refractivity contribution in [3.8, 4) is 5.75 Å². The first-order chi connectivity index (χ1) is 17.4. The molecule has 1 saturated carbocycles. The lowest BCUT2D eigenvalue weighted by Gasteiger charge is -2.56. The van der Waals surface area contributed by atoms with Gasteiger partial charge in [-0.3, -0.25) is 9.35 Å². The van der Waals surface area contributed by atoms with E-state index < -0.39 is 15.5 Å². The van der Waals surface area contributed by atoms with Gasteiger partial charge in [0.25, 0.3) is 10.1 Å². The van der Waals surface area contributed by atoms with Crippen LogP contribution in [0, 0.1) is 18.3 Å². The molecule has 0 radical (unpaired) electrons. The fourth-order valence-electron chi connectivity index (χ4n) is 6.07. The molecule has 202 valence electrons. The van der Waals surface area contributed by atoms with Crippen molar-refractivity contribution in [2.75, 3.05) is 13.3 Å². The number of hydrogen-bond donors (Lipinski definition) is 2. The van der Waals surface area contributed by atoms with E-state index >= 15 is 0 Å². The topological polar surface area (TPSA) is 102 Å². The van der Waals surface area contributed by atoms with E-state index in [1.807, 2.05) is 33.8 Å². The largest absolute Gasteiger partial charge is 0.457 e. The van der Waals surface area contributed by atoms with Gasteiger partial charge in [-0.15, -0.1) is 0 Å². The molecular weight excluding hydrogens is 490 g/mol. The first-order valence-corrected chi connectivity index (χ1v) is 14.6. The van der Waals surface area contributed by atoms with Gasteiger partial charge in [0.15, 0.2) is 0 Å². The van der Waals surface area contributed by atoms with Crippen molar-refractivity contribution in [2.45, 2.75) is 82.6 Å². The summed E-state index contributed by atoms with van der Waals surface area (Å²) in [5.41, 5.74) is 3.75. The maximum absolute atomic E-state index is 11.9. The van der Waals surface area contributed by atoms with E-state index in [2.05, 4.69) is 17.4 Å². The molecule has 37 heavy (non-hydrogen) atoms. The van der Waals surface area contributed by atoms with Crippen LogP contribution in [0.15, 0.2) is 47.4 Å². The first-order valence-electron chi connectivity index (χ1n) is 13.1. The Bertz CT molecular complexity index is 1210. The van der Waals surface area contributed by atoms with E-state index in [9.17, 15) is 13.2 Å². The van der Waals surface area contributed by atoms with Crippen LogP contribution < -0.4 is 10.1 Å². The molecule has 1 heterocycles. The number of fused-ring (bicyclic) bond motifs is 1. The highest BCUT2D eigenvalue weighted by atomic mass is 32.2. The highest BCUT2D eigenvalue weighted by Crippen LogP contribution is 2.54. The van der Waals surface area contributed by atoms with Crippen molar-refractivity contribution >= 4 is 16.1 Å². The van der Waals surface area contributed by atoms with Gasteiger partial charge in [-0.2, -0.15) is 8.42 Å². The summed E-state index contributed by atoms with van der Waals surface area (Å²) in [6.07, 6.45) is 7.68. The Morgan fingerprint density at radius 2 is 1.84 bits per heavy atom. The molecule has 0 amide bonds. The quantitative estimate of drug-likeness (QED) is 0.319. The zero-order valence-corrected chi connectivity index (χ0v) is 23.1. The van der Waals surface area contributed by atoms with Gasteiger partial charge in [-0.1, -0.05) is 36.6 Å². The maximum Gasteiger partial charge on any atom is 0.314 e. The molecule has 0 spiro atoms. The SMILES string of the molecule is CC(C)(C)C(=O)OCOc1ccc2c(c1)[C@@]13CCCC[C@H]1[C@@H](C2)NCC3.Cc1ccc(S(=O)(=O)O)cc1. The van der Waals surface area contributed by atoms with Gasteiger partial charge in [-0.05, 0) is 101 Å². The number of esters is 1. The Labute approximate surface area is 220 Å². The molecular formula is C29H39NO6S. The molecule has 2 bridgehead atoms. The summed E-state index contributed by atoms with van der Waals surface area (Å²) in [6.45, 7) is 8.50. The van der Waals surface area contributed by atoms with E-state index in [4.69, 9.17) is 14.0 Å². The van der Waals surface area contributed by atoms with Crippen molar-refractivity contribution in [3.63, 3.8) is 0 Å². The van der Waals surface area contributed by atoms with Crippen LogP contribution in [0.5, 0.6) is 5.75 Å². The van der Waals surface area contributed by atoms with Gasteiger partial charge in [0.1, 0.15) is 5.75 Å². The predicted molar refractivity (Wildman–Crippen MR) is 142 cm³/mol. The highest BCUT2D eigenvalue weighted by Gasteiger charge is 2.51. The molecule has 3 atom stereocenters. The van der Waals surface area contributed by atoms with Crippen LogP contribution in [0.25, 0.3) is 0 Å². The molecule has 3 aliphatic rings. The van der Waals surface area contributed by atoms with Crippen LogP contribution in [-0.2, 0) is 31.5 Å². The molecule has 5 rings (SSSR count). The number of hydrogen-bond acceptors (Lipinski definition) is 6. The van der Waals surface area contributed by atoms with Crippen molar-refractivity contribution in [2.24, 2.45) is 11.3 Å². The number of rotatable bonds is 4. The smallest absolute Gasteiger partial charge is 0.314 e. The lowest BCUT2D eigenvalue weighted by Crippen LogP contribution is -2.59. The van der Waals surface area contributed by atoms with E-state index in [1.54, 1.807) is 12.1 Å². The number of benzene rings is 2. The van der Waals surface area contributed by atoms with Gasteiger partial charge < -0.3 is 14.8 Å². The molecule has 2 N–H and O–H groups in total. The van der Waals surface area contributed by atoms with E-state index in [-0.39, 0.29) is 17.7 Å². The van der Waals surface area contributed by atoms with Crippen molar-refractivity contribution in [3.05, 3.63) is 59.2 Å². The second-order valence-electron chi connectivity index (χ2n) is 11.6. The molecule has 1 saturated heterocycles. The Balaban J connectivity index is 0.000000245. The number of ether oxygens (including phenoxy) is 2. The molecule has 2 aliphatic carbocycles. The van der Waals surface area contributed by atoms with Gasteiger partial charge in [-0.25, -0.2) is 0 Å². The fraction of sp³-hybridized carbons (Fsp3) is 0.552. The predicted octanol–water partition coefficient (Wildman–Crippen LogP) is 5.20. The van der Waals surface area contributed by atoms with Crippen LogP contribution in [-0.4, -0.2) is 38.3 Å². The van der Waals surface area contributed by atoms with Gasteiger partial charge in [0, 0.05) is 11.5 Å². The van der Waals surface area contributed by atoms with Crippen LogP contribution >= 0.6 is 0 Å². The third kappa shape index (κ3) is 6.19. The third-order valence-electron chi connectivity index (χ3n) is 7.97. The standard InChI is InChI=1S/C22H31NO3.C7H8O3S/c1-21(2,3)20(24)26-14-25-16-8-7-15-12-19-17-6-4-5-9-22(17,10-11-23-19)18(15)13-16;1-6-2-4-7(5-3-6)11(8,9)10/h7-8,13,17,19,23H,4-6,9-12,14H2,1-3H3;2-5H,1H3,(H,8,9,10)/t17-,19+,22+;/m0./s1. The highest BCUT2D eigenvalue weighted by molar-refractivity contribution is 7.85. The molecule has 2 fully saturated rings. The number of carbonyl (C=O) groups is 1. The molecule has 0 aromatic heterocycles.